The molecule has 190 valence electrons. The van der Waals surface area contributed by atoms with Gasteiger partial charge >= 0.3 is 0 Å². The highest BCUT2D eigenvalue weighted by Gasteiger charge is 2.45. The first-order chi connectivity index (χ1) is 16.2. The van der Waals surface area contributed by atoms with Gasteiger partial charge in [0.25, 0.3) is 0 Å². The van der Waals surface area contributed by atoms with Crippen molar-refractivity contribution in [1.29, 1.82) is 0 Å². The van der Waals surface area contributed by atoms with Gasteiger partial charge in [-0.1, -0.05) is 26.0 Å². The van der Waals surface area contributed by atoms with Gasteiger partial charge < -0.3 is 20.1 Å². The van der Waals surface area contributed by atoms with Gasteiger partial charge in [0.2, 0.25) is 11.8 Å². The number of aliphatic hydroxyl groups is 1. The number of hydrogen-bond donors (Lipinski definition) is 2. The fraction of sp³-hybridized carbons (Fsp3) is 0.833. The number of carbonyl (C=O) groups is 2. The number of carbonyl (C=O) groups excluding carboxylic acids is 2. The number of aliphatic hydroxyl groups excluding tert-OH is 1. The number of ether oxygens (including phenoxy) is 1. The zero-order chi connectivity index (χ0) is 24.5. The summed E-state index contributed by atoms with van der Waals surface area (Å²) in [6, 6.07) is -1.26. The number of amides is 2. The number of rotatable bonds is 8. The van der Waals surface area contributed by atoms with Crippen LogP contribution in [0.3, 0.4) is 0 Å². The van der Waals surface area contributed by atoms with Crippen molar-refractivity contribution >= 4 is 11.8 Å². The molecular formula is C24H40N6O4. The van der Waals surface area contributed by atoms with Crippen molar-refractivity contribution in [3.8, 4) is 0 Å². The van der Waals surface area contributed by atoms with E-state index >= 15 is 0 Å². The first kappa shape index (κ1) is 25.1. The van der Waals surface area contributed by atoms with Crippen LogP contribution in [0.25, 0.3) is 0 Å². The molecule has 1 saturated carbocycles. The lowest BCUT2D eigenvalue weighted by Crippen LogP contribution is -2.55. The molecule has 2 aliphatic heterocycles. The molecule has 3 unspecified atom stereocenters. The average Bonchev–Trinajstić information content (AvgIpc) is 3.38. The van der Waals surface area contributed by atoms with Gasteiger partial charge in [0.1, 0.15) is 12.1 Å². The fourth-order valence-electron chi connectivity index (χ4n) is 5.22. The third-order valence-corrected chi connectivity index (χ3v) is 7.17. The molecule has 3 aliphatic rings. The molecule has 3 fully saturated rings. The predicted molar refractivity (Wildman–Crippen MR) is 126 cm³/mol. The van der Waals surface area contributed by atoms with Crippen molar-refractivity contribution in [3.63, 3.8) is 0 Å². The van der Waals surface area contributed by atoms with E-state index in [-0.39, 0.29) is 30.8 Å². The standard InChI is InChI=1S/C24H40N6O4/c1-24(2,3)21(30-15-19(26-27-30)16-7-8-16)23(33)29-14-18(31)12-20(29)22(32)25-17-6-5-9-28(13-17)10-11-34-4/h15-18,20-21,31H,5-14H2,1-4H3,(H,25,32)/t17?,18?,20?,21-/m1/s1. The van der Waals surface area contributed by atoms with E-state index in [2.05, 4.69) is 20.5 Å². The van der Waals surface area contributed by atoms with Gasteiger partial charge in [-0.05, 0) is 37.6 Å². The summed E-state index contributed by atoms with van der Waals surface area (Å²) < 4.78 is 6.84. The molecule has 4 rings (SSSR count). The molecular weight excluding hydrogens is 436 g/mol. The molecule has 10 nitrogen and oxygen atoms in total. The van der Waals surface area contributed by atoms with Gasteiger partial charge in [0.15, 0.2) is 0 Å². The Bertz CT molecular complexity index is 864. The van der Waals surface area contributed by atoms with Crippen LogP contribution < -0.4 is 5.32 Å². The van der Waals surface area contributed by atoms with Crippen LogP contribution in [0.5, 0.6) is 0 Å². The second-order valence-corrected chi connectivity index (χ2v) is 11.2. The van der Waals surface area contributed by atoms with Crippen molar-refractivity contribution in [2.75, 3.05) is 39.9 Å². The normalized spacial score (nSPS) is 27.1. The minimum absolute atomic E-state index is 0.0302. The van der Waals surface area contributed by atoms with Crippen LogP contribution >= 0.6 is 0 Å². The van der Waals surface area contributed by atoms with Gasteiger partial charge in [-0.2, -0.15) is 0 Å². The van der Waals surface area contributed by atoms with Crippen LogP contribution in [0.4, 0.5) is 0 Å². The van der Waals surface area contributed by atoms with E-state index in [1.54, 1.807) is 16.7 Å². The largest absolute Gasteiger partial charge is 0.391 e. The molecule has 0 radical (unpaired) electrons. The number of aromatic nitrogens is 3. The molecule has 1 aromatic heterocycles. The molecule has 10 heteroatoms. The molecule has 2 amide bonds. The molecule has 2 N–H and O–H groups in total. The monoisotopic (exact) mass is 476 g/mol. The average molecular weight is 477 g/mol. The first-order valence-corrected chi connectivity index (χ1v) is 12.6. The smallest absolute Gasteiger partial charge is 0.248 e. The van der Waals surface area contributed by atoms with Gasteiger partial charge in [-0.25, -0.2) is 4.68 Å². The highest BCUT2D eigenvalue weighted by atomic mass is 16.5. The van der Waals surface area contributed by atoms with Crippen LogP contribution in [0.2, 0.25) is 0 Å². The van der Waals surface area contributed by atoms with E-state index in [1.165, 1.54) is 0 Å². The lowest BCUT2D eigenvalue weighted by Gasteiger charge is -2.36. The van der Waals surface area contributed by atoms with E-state index in [9.17, 15) is 14.7 Å². The lowest BCUT2D eigenvalue weighted by atomic mass is 9.85. The molecule has 0 bridgehead atoms. The zero-order valence-electron chi connectivity index (χ0n) is 20.9. The number of nitrogens with zero attached hydrogens (tertiary/aromatic N) is 5. The molecule has 0 spiro atoms. The lowest BCUT2D eigenvalue weighted by molar-refractivity contribution is -0.144. The SMILES string of the molecule is COCCN1CCCC(NC(=O)C2CC(O)CN2C(=O)[C@@H](n2cc(C3CC3)nn2)C(C)(C)C)C1. The van der Waals surface area contributed by atoms with Crippen LogP contribution in [0.15, 0.2) is 6.20 Å². The molecule has 2 saturated heterocycles. The molecule has 1 aliphatic carbocycles. The summed E-state index contributed by atoms with van der Waals surface area (Å²) in [5, 5.41) is 22.2. The summed E-state index contributed by atoms with van der Waals surface area (Å²) >= 11 is 0. The van der Waals surface area contributed by atoms with Crippen molar-refractivity contribution in [3.05, 3.63) is 11.9 Å². The van der Waals surface area contributed by atoms with Gasteiger partial charge in [-0.15, -0.1) is 5.10 Å². The quantitative estimate of drug-likeness (QED) is 0.574. The van der Waals surface area contributed by atoms with Crippen molar-refractivity contribution < 1.29 is 19.4 Å². The Balaban J connectivity index is 1.46. The second-order valence-electron chi connectivity index (χ2n) is 11.2. The third kappa shape index (κ3) is 5.78. The first-order valence-electron chi connectivity index (χ1n) is 12.6. The maximum absolute atomic E-state index is 13.8. The Morgan fingerprint density at radius 3 is 2.71 bits per heavy atom. The number of hydrogen-bond acceptors (Lipinski definition) is 7. The van der Waals surface area contributed by atoms with Crippen molar-refractivity contribution in [2.24, 2.45) is 5.41 Å². The topological polar surface area (TPSA) is 113 Å². The van der Waals surface area contributed by atoms with Gasteiger partial charge in [0.05, 0.1) is 18.4 Å². The fourth-order valence-corrected chi connectivity index (χ4v) is 5.22. The Hall–Kier alpha value is -2.04. The summed E-state index contributed by atoms with van der Waals surface area (Å²) in [6.45, 7) is 9.39. The van der Waals surface area contributed by atoms with Gasteiger partial charge in [-0.3, -0.25) is 14.5 Å². The van der Waals surface area contributed by atoms with Crippen LogP contribution in [-0.2, 0) is 14.3 Å². The molecule has 1 aromatic rings. The Morgan fingerprint density at radius 2 is 2.03 bits per heavy atom. The Labute approximate surface area is 202 Å². The van der Waals surface area contributed by atoms with Crippen LogP contribution in [0.1, 0.15) is 70.5 Å². The van der Waals surface area contributed by atoms with Crippen LogP contribution in [-0.4, -0.2) is 99.8 Å². The third-order valence-electron chi connectivity index (χ3n) is 7.17. The van der Waals surface area contributed by atoms with E-state index in [0.717, 1.165) is 51.0 Å². The van der Waals surface area contributed by atoms with E-state index in [1.807, 2.05) is 27.0 Å². The van der Waals surface area contributed by atoms with E-state index in [0.29, 0.717) is 12.5 Å². The van der Waals surface area contributed by atoms with Crippen LogP contribution in [0, 0.1) is 5.41 Å². The Kier molecular flexibility index (Phi) is 7.59. The maximum Gasteiger partial charge on any atom is 0.248 e. The number of β-amino-alcohol motifs (C(OH)–C–C–N with tert-alkyl or cyclic N) is 1. The van der Waals surface area contributed by atoms with Gasteiger partial charge in [0, 0.05) is 51.3 Å². The number of nitrogens with one attached hydrogen (secondary N) is 1. The minimum atomic E-state index is -0.720. The number of piperidine rings is 1. The van der Waals surface area contributed by atoms with Crippen molar-refractivity contribution in [1.82, 2.24) is 30.1 Å². The summed E-state index contributed by atoms with van der Waals surface area (Å²) in [6.07, 6.45) is 5.54. The molecule has 4 atom stereocenters. The summed E-state index contributed by atoms with van der Waals surface area (Å²) in [5.41, 5.74) is 0.485. The number of methoxy groups -OCH3 is 1. The Morgan fingerprint density at radius 1 is 1.26 bits per heavy atom. The van der Waals surface area contributed by atoms with Crippen molar-refractivity contribution in [2.45, 2.75) is 83.0 Å². The predicted octanol–water partition coefficient (Wildman–Crippen LogP) is 0.932. The molecule has 3 heterocycles. The molecule has 34 heavy (non-hydrogen) atoms. The minimum Gasteiger partial charge on any atom is -0.391 e. The highest BCUT2D eigenvalue weighted by molar-refractivity contribution is 5.90. The molecule has 0 aromatic carbocycles. The zero-order valence-corrected chi connectivity index (χ0v) is 20.9. The van der Waals surface area contributed by atoms with E-state index < -0.39 is 23.6 Å². The summed E-state index contributed by atoms with van der Waals surface area (Å²) in [5.74, 6) is 0.0609. The number of likely N-dealkylation sites (tertiary alicyclic amines) is 2. The maximum atomic E-state index is 13.8. The second kappa shape index (κ2) is 10.3. The van der Waals surface area contributed by atoms with E-state index in [4.69, 9.17) is 4.74 Å². The summed E-state index contributed by atoms with van der Waals surface area (Å²) in [7, 11) is 1.69. The highest BCUT2D eigenvalue weighted by Crippen LogP contribution is 2.40. The summed E-state index contributed by atoms with van der Waals surface area (Å²) in [4.78, 5) is 31.0.